The molecule has 28 heavy (non-hydrogen) atoms. The Morgan fingerprint density at radius 2 is 1.82 bits per heavy atom. The van der Waals surface area contributed by atoms with Gasteiger partial charge in [0.25, 0.3) is 0 Å². The molecule has 1 saturated heterocycles. The van der Waals surface area contributed by atoms with E-state index in [2.05, 4.69) is 9.97 Å². The van der Waals surface area contributed by atoms with Crippen molar-refractivity contribution in [1.29, 1.82) is 0 Å². The molecule has 1 fully saturated rings. The summed E-state index contributed by atoms with van der Waals surface area (Å²) >= 11 is 5.86. The van der Waals surface area contributed by atoms with Crippen LogP contribution in [-0.4, -0.2) is 52.3 Å². The number of carbonyl (C=O) groups is 1. The average Bonchev–Trinajstić information content (AvgIpc) is 2.66. The molecule has 1 unspecified atom stereocenters. The van der Waals surface area contributed by atoms with Crippen LogP contribution in [0.1, 0.15) is 18.2 Å². The summed E-state index contributed by atoms with van der Waals surface area (Å²) in [6.45, 7) is 5.57. The fraction of sp³-hybridized carbons (Fsp3) is 0.421. The summed E-state index contributed by atoms with van der Waals surface area (Å²) in [4.78, 5) is 24.5. The number of rotatable bonds is 3. The average molecular weight is 413 g/mol. The SMILES string of the molecule is Cc1cc(N2CCN(C(=O)C(C)Cl)CC2)nc(-c2cccc(C(F)(F)F)c2)n1. The first-order valence-electron chi connectivity index (χ1n) is 8.86. The van der Waals surface area contributed by atoms with E-state index >= 15 is 0 Å². The number of benzene rings is 1. The van der Waals surface area contributed by atoms with Crippen molar-refractivity contribution in [3.8, 4) is 11.4 Å². The molecule has 1 amide bonds. The highest BCUT2D eigenvalue weighted by Gasteiger charge is 2.31. The molecule has 0 spiro atoms. The zero-order valence-corrected chi connectivity index (χ0v) is 16.3. The lowest BCUT2D eigenvalue weighted by atomic mass is 10.1. The van der Waals surface area contributed by atoms with E-state index in [1.165, 1.54) is 6.07 Å². The van der Waals surface area contributed by atoms with Crippen molar-refractivity contribution in [1.82, 2.24) is 14.9 Å². The first-order valence-corrected chi connectivity index (χ1v) is 9.30. The number of hydrogen-bond acceptors (Lipinski definition) is 4. The Morgan fingerprint density at radius 1 is 1.14 bits per heavy atom. The Bertz CT molecular complexity index is 864. The minimum atomic E-state index is -4.43. The summed E-state index contributed by atoms with van der Waals surface area (Å²) in [5, 5.41) is -0.569. The molecule has 1 atom stereocenters. The van der Waals surface area contributed by atoms with Gasteiger partial charge >= 0.3 is 6.18 Å². The third-order valence-electron chi connectivity index (χ3n) is 4.54. The highest BCUT2D eigenvalue weighted by Crippen LogP contribution is 2.32. The predicted molar refractivity (Wildman–Crippen MR) is 101 cm³/mol. The number of nitrogens with zero attached hydrogens (tertiary/aromatic N) is 4. The molecule has 9 heteroatoms. The van der Waals surface area contributed by atoms with E-state index in [-0.39, 0.29) is 11.7 Å². The second-order valence-corrected chi connectivity index (χ2v) is 7.35. The van der Waals surface area contributed by atoms with Crippen LogP contribution in [0.2, 0.25) is 0 Å². The molecule has 3 rings (SSSR count). The summed E-state index contributed by atoms with van der Waals surface area (Å²) in [6, 6.07) is 6.78. The molecule has 1 aliphatic heterocycles. The highest BCUT2D eigenvalue weighted by molar-refractivity contribution is 6.30. The number of carbonyl (C=O) groups excluding carboxylic acids is 1. The van der Waals surface area contributed by atoms with Crippen molar-refractivity contribution >= 4 is 23.3 Å². The minimum absolute atomic E-state index is 0.107. The van der Waals surface area contributed by atoms with Gasteiger partial charge in [0, 0.05) is 43.5 Å². The first kappa shape index (κ1) is 20.4. The van der Waals surface area contributed by atoms with Gasteiger partial charge in [-0.1, -0.05) is 12.1 Å². The number of hydrogen-bond donors (Lipinski definition) is 0. The fourth-order valence-electron chi connectivity index (χ4n) is 3.09. The number of aromatic nitrogens is 2. The normalized spacial score (nSPS) is 16.2. The molecule has 2 heterocycles. The van der Waals surface area contributed by atoms with E-state index in [9.17, 15) is 18.0 Å². The van der Waals surface area contributed by atoms with Gasteiger partial charge < -0.3 is 9.80 Å². The van der Waals surface area contributed by atoms with Crippen LogP contribution in [0.25, 0.3) is 11.4 Å². The Morgan fingerprint density at radius 3 is 2.43 bits per heavy atom. The maximum Gasteiger partial charge on any atom is 0.416 e. The fourth-order valence-corrected chi connectivity index (χ4v) is 3.22. The number of amides is 1. The van der Waals surface area contributed by atoms with Gasteiger partial charge in [-0.05, 0) is 26.0 Å². The maximum absolute atomic E-state index is 13.0. The van der Waals surface area contributed by atoms with Gasteiger partial charge in [0.15, 0.2) is 5.82 Å². The molecule has 1 aliphatic rings. The molecular weight excluding hydrogens is 393 g/mol. The molecule has 1 aromatic heterocycles. The van der Waals surface area contributed by atoms with Gasteiger partial charge in [0.1, 0.15) is 11.2 Å². The minimum Gasteiger partial charge on any atom is -0.353 e. The Kier molecular flexibility index (Phi) is 5.79. The first-order chi connectivity index (χ1) is 13.1. The maximum atomic E-state index is 13.0. The Hall–Kier alpha value is -2.35. The monoisotopic (exact) mass is 412 g/mol. The Balaban J connectivity index is 1.83. The van der Waals surface area contributed by atoms with Crippen LogP contribution in [0.15, 0.2) is 30.3 Å². The van der Waals surface area contributed by atoms with Gasteiger partial charge in [-0.2, -0.15) is 13.2 Å². The smallest absolute Gasteiger partial charge is 0.353 e. The lowest BCUT2D eigenvalue weighted by Crippen LogP contribution is -2.50. The van der Waals surface area contributed by atoms with Crippen molar-refractivity contribution in [2.24, 2.45) is 0 Å². The predicted octanol–water partition coefficient (Wildman–Crippen LogP) is 3.75. The van der Waals surface area contributed by atoms with Crippen molar-refractivity contribution in [2.75, 3.05) is 31.1 Å². The van der Waals surface area contributed by atoms with E-state index in [0.717, 1.165) is 12.1 Å². The van der Waals surface area contributed by atoms with Crippen LogP contribution in [0, 0.1) is 6.92 Å². The molecule has 5 nitrogen and oxygen atoms in total. The summed E-state index contributed by atoms with van der Waals surface area (Å²) < 4.78 is 39.0. The molecule has 0 aliphatic carbocycles. The number of alkyl halides is 4. The van der Waals surface area contributed by atoms with Gasteiger partial charge in [0.05, 0.1) is 5.56 Å². The highest BCUT2D eigenvalue weighted by atomic mass is 35.5. The molecule has 0 saturated carbocycles. The van der Waals surface area contributed by atoms with E-state index < -0.39 is 17.1 Å². The van der Waals surface area contributed by atoms with Crippen LogP contribution < -0.4 is 4.90 Å². The molecule has 150 valence electrons. The molecular formula is C19H20ClF3N4O. The van der Waals surface area contributed by atoms with E-state index in [0.29, 0.717) is 43.3 Å². The van der Waals surface area contributed by atoms with Crippen LogP contribution in [0.5, 0.6) is 0 Å². The standard InChI is InChI=1S/C19H20ClF3N4O/c1-12-10-16(26-6-8-27(9-7-26)18(28)13(2)20)25-17(24-12)14-4-3-5-15(11-14)19(21,22)23/h3-5,10-11,13H,6-9H2,1-2H3. The molecule has 0 bridgehead atoms. The van der Waals surface area contributed by atoms with Gasteiger partial charge in [0.2, 0.25) is 5.91 Å². The quantitative estimate of drug-likeness (QED) is 0.720. The topological polar surface area (TPSA) is 49.3 Å². The van der Waals surface area contributed by atoms with Crippen LogP contribution in [-0.2, 0) is 11.0 Å². The summed E-state index contributed by atoms with van der Waals surface area (Å²) in [6.07, 6.45) is -4.43. The molecule has 1 aromatic carbocycles. The van der Waals surface area contributed by atoms with Crippen LogP contribution in [0.4, 0.5) is 19.0 Å². The van der Waals surface area contributed by atoms with Crippen molar-refractivity contribution in [3.05, 3.63) is 41.6 Å². The zero-order valence-electron chi connectivity index (χ0n) is 15.5. The van der Waals surface area contributed by atoms with E-state index in [4.69, 9.17) is 11.6 Å². The second kappa shape index (κ2) is 7.95. The van der Waals surface area contributed by atoms with Crippen LogP contribution >= 0.6 is 11.6 Å². The number of piperazine rings is 1. The second-order valence-electron chi connectivity index (χ2n) is 6.70. The molecule has 0 radical (unpaired) electrons. The summed E-state index contributed by atoms with van der Waals surface area (Å²) in [5.41, 5.74) is 0.230. The van der Waals surface area contributed by atoms with Gasteiger partial charge in [-0.25, -0.2) is 9.97 Å². The Labute approximate surface area is 166 Å². The lowest BCUT2D eigenvalue weighted by Gasteiger charge is -2.36. The number of anilines is 1. The third kappa shape index (κ3) is 4.55. The van der Waals surface area contributed by atoms with E-state index in [1.54, 1.807) is 30.9 Å². The zero-order chi connectivity index (χ0) is 20.5. The van der Waals surface area contributed by atoms with Crippen LogP contribution in [0.3, 0.4) is 0 Å². The van der Waals surface area contributed by atoms with Gasteiger partial charge in [-0.3, -0.25) is 4.79 Å². The van der Waals surface area contributed by atoms with E-state index in [1.807, 2.05) is 4.90 Å². The van der Waals surface area contributed by atoms with Crippen molar-refractivity contribution < 1.29 is 18.0 Å². The lowest BCUT2D eigenvalue weighted by molar-refractivity contribution is -0.137. The third-order valence-corrected chi connectivity index (χ3v) is 4.73. The molecule has 2 aromatic rings. The molecule has 0 N–H and O–H groups in total. The van der Waals surface area contributed by atoms with Crippen molar-refractivity contribution in [2.45, 2.75) is 25.4 Å². The largest absolute Gasteiger partial charge is 0.416 e. The summed E-state index contributed by atoms with van der Waals surface area (Å²) in [5.74, 6) is 0.768. The number of halogens is 4. The van der Waals surface area contributed by atoms with Crippen molar-refractivity contribution in [3.63, 3.8) is 0 Å². The summed E-state index contributed by atoms with van der Waals surface area (Å²) in [7, 11) is 0. The number of aryl methyl sites for hydroxylation is 1. The van der Waals surface area contributed by atoms with Gasteiger partial charge in [-0.15, -0.1) is 11.6 Å².